The number of alkyl halides is 3. The Morgan fingerprint density at radius 1 is 1.03 bits per heavy atom. The third-order valence-corrected chi connectivity index (χ3v) is 4.78. The summed E-state index contributed by atoms with van der Waals surface area (Å²) >= 11 is 2.19. The molecule has 0 bridgehead atoms. The van der Waals surface area contributed by atoms with Crippen LogP contribution in [0.25, 0.3) is 11.3 Å². The Morgan fingerprint density at radius 3 is 2.57 bits per heavy atom. The summed E-state index contributed by atoms with van der Waals surface area (Å²) in [5, 5.41) is 15.2. The highest BCUT2D eigenvalue weighted by atomic mass is 127. The van der Waals surface area contributed by atoms with Crippen LogP contribution in [-0.4, -0.2) is 34.6 Å². The van der Waals surface area contributed by atoms with Gasteiger partial charge in [0.25, 0.3) is 0 Å². The third kappa shape index (κ3) is 6.46. The van der Waals surface area contributed by atoms with Crippen molar-refractivity contribution in [1.82, 2.24) is 9.97 Å². The van der Waals surface area contributed by atoms with Crippen LogP contribution in [0.1, 0.15) is 6.42 Å². The van der Waals surface area contributed by atoms with Gasteiger partial charge in [-0.3, -0.25) is 0 Å². The molecule has 1 heterocycles. The van der Waals surface area contributed by atoms with Crippen LogP contribution in [-0.2, 0) is 0 Å². The van der Waals surface area contributed by atoms with Crippen LogP contribution in [0, 0.1) is 3.57 Å². The molecule has 0 amide bonds. The fourth-order valence-corrected chi connectivity index (χ4v) is 3.09. The second-order valence-electron chi connectivity index (χ2n) is 6.15. The highest BCUT2D eigenvalue weighted by molar-refractivity contribution is 14.1. The van der Waals surface area contributed by atoms with Crippen molar-refractivity contribution >= 4 is 40.0 Å². The number of anilines is 3. The van der Waals surface area contributed by atoms with Gasteiger partial charge >= 0.3 is 6.36 Å². The monoisotopic (exact) mass is 530 g/mol. The summed E-state index contributed by atoms with van der Waals surface area (Å²) in [6, 6.07) is 14.9. The van der Waals surface area contributed by atoms with Crippen LogP contribution < -0.4 is 15.4 Å². The fraction of sp³-hybridized carbons (Fsp3) is 0.200. The first-order valence-electron chi connectivity index (χ1n) is 8.95. The number of hydrogen-bond acceptors (Lipinski definition) is 6. The zero-order valence-electron chi connectivity index (χ0n) is 15.6. The van der Waals surface area contributed by atoms with Crippen molar-refractivity contribution < 1.29 is 23.0 Å². The molecule has 3 rings (SSSR count). The smallest absolute Gasteiger partial charge is 0.406 e. The van der Waals surface area contributed by atoms with Gasteiger partial charge in [-0.05, 0) is 53.3 Å². The lowest BCUT2D eigenvalue weighted by molar-refractivity contribution is -0.274. The maximum absolute atomic E-state index is 12.6. The van der Waals surface area contributed by atoms with E-state index in [9.17, 15) is 13.2 Å². The summed E-state index contributed by atoms with van der Waals surface area (Å²) in [6.07, 6.45) is -4.28. The quantitative estimate of drug-likeness (QED) is 0.275. The van der Waals surface area contributed by atoms with E-state index in [2.05, 4.69) is 47.9 Å². The van der Waals surface area contributed by atoms with Gasteiger partial charge in [0.1, 0.15) is 11.6 Å². The number of rotatable bonds is 8. The molecule has 3 N–H and O–H groups in total. The van der Waals surface area contributed by atoms with Gasteiger partial charge in [0, 0.05) is 28.4 Å². The first kappa shape index (κ1) is 22.1. The van der Waals surface area contributed by atoms with Crippen molar-refractivity contribution in [3.63, 3.8) is 0 Å². The van der Waals surface area contributed by atoms with E-state index in [-0.39, 0.29) is 18.3 Å². The minimum absolute atomic E-state index is 0.0107. The molecule has 0 atom stereocenters. The lowest BCUT2D eigenvalue weighted by Gasteiger charge is -2.13. The number of hydrogen-bond donors (Lipinski definition) is 3. The van der Waals surface area contributed by atoms with E-state index in [1.807, 2.05) is 24.3 Å². The van der Waals surface area contributed by atoms with Gasteiger partial charge in [-0.1, -0.05) is 24.3 Å². The maximum atomic E-state index is 12.6. The van der Waals surface area contributed by atoms with Gasteiger partial charge in [0.05, 0.1) is 11.4 Å². The first-order valence-corrected chi connectivity index (χ1v) is 10.0. The van der Waals surface area contributed by atoms with Crippen LogP contribution in [0.3, 0.4) is 0 Å². The average Bonchev–Trinajstić information content (AvgIpc) is 2.69. The van der Waals surface area contributed by atoms with Gasteiger partial charge in [-0.15, -0.1) is 13.2 Å². The Bertz CT molecular complexity index is 1000. The Hall–Kier alpha value is -2.60. The van der Waals surface area contributed by atoms with Gasteiger partial charge in [0.15, 0.2) is 0 Å². The lowest BCUT2D eigenvalue weighted by Crippen LogP contribution is -2.17. The Labute approximate surface area is 184 Å². The van der Waals surface area contributed by atoms with E-state index >= 15 is 0 Å². The molecule has 0 radical (unpaired) electrons. The number of aromatic nitrogens is 2. The predicted molar refractivity (Wildman–Crippen MR) is 117 cm³/mol. The molecule has 0 spiro atoms. The van der Waals surface area contributed by atoms with Crippen molar-refractivity contribution in [3.05, 3.63) is 58.2 Å². The topological polar surface area (TPSA) is 79.3 Å². The van der Waals surface area contributed by atoms with Crippen molar-refractivity contribution in [2.24, 2.45) is 0 Å². The van der Waals surface area contributed by atoms with Gasteiger partial charge in [-0.2, -0.15) is 4.98 Å². The van der Waals surface area contributed by atoms with E-state index in [0.717, 1.165) is 9.26 Å². The van der Waals surface area contributed by atoms with Crippen LogP contribution in [0.5, 0.6) is 5.75 Å². The average molecular weight is 530 g/mol. The molecular weight excluding hydrogens is 512 g/mol. The molecule has 2 aromatic carbocycles. The summed E-state index contributed by atoms with van der Waals surface area (Å²) in [5.74, 6) is 0.426. The van der Waals surface area contributed by atoms with Crippen molar-refractivity contribution in [2.75, 3.05) is 23.8 Å². The second kappa shape index (κ2) is 9.94. The SMILES string of the molecule is OCCCNc1nc(Nc2ccccc2I)cc(-c2cccc(OC(F)(F)F)c2)n1. The van der Waals surface area contributed by atoms with E-state index in [0.29, 0.717) is 30.0 Å². The van der Waals surface area contributed by atoms with Crippen molar-refractivity contribution in [3.8, 4) is 17.0 Å². The van der Waals surface area contributed by atoms with E-state index in [1.165, 1.54) is 18.2 Å². The fourth-order valence-electron chi connectivity index (χ4n) is 2.57. The largest absolute Gasteiger partial charge is 0.573 e. The number of nitrogens with zero attached hydrogens (tertiary/aromatic N) is 2. The number of aliphatic hydroxyl groups is 1. The molecule has 0 saturated heterocycles. The molecule has 0 aliphatic rings. The minimum atomic E-state index is -4.78. The number of nitrogens with one attached hydrogen (secondary N) is 2. The van der Waals surface area contributed by atoms with E-state index < -0.39 is 6.36 Å². The van der Waals surface area contributed by atoms with E-state index in [1.54, 1.807) is 12.1 Å². The molecule has 10 heteroatoms. The molecule has 3 aromatic rings. The molecule has 0 aliphatic carbocycles. The number of halogens is 4. The zero-order chi connectivity index (χ0) is 21.6. The highest BCUT2D eigenvalue weighted by Crippen LogP contribution is 2.30. The summed E-state index contributed by atoms with van der Waals surface area (Å²) in [4.78, 5) is 8.81. The summed E-state index contributed by atoms with van der Waals surface area (Å²) in [5.41, 5.74) is 1.69. The Morgan fingerprint density at radius 2 is 1.83 bits per heavy atom. The molecule has 6 nitrogen and oxygen atoms in total. The summed E-state index contributed by atoms with van der Waals surface area (Å²) in [7, 11) is 0. The number of benzene rings is 2. The molecule has 0 aliphatic heterocycles. The summed E-state index contributed by atoms with van der Waals surface area (Å²) in [6.45, 7) is 0.455. The standard InChI is InChI=1S/C20H18F3IN4O2/c21-20(22,23)30-14-6-3-5-13(11-14)17-12-18(26-16-8-2-1-7-15(16)24)28-19(27-17)25-9-4-10-29/h1-3,5-8,11-12,29H,4,9-10H2,(H2,25,26,27,28). The molecule has 0 saturated carbocycles. The normalized spacial score (nSPS) is 11.2. The van der Waals surface area contributed by atoms with Gasteiger partial charge in [-0.25, -0.2) is 4.98 Å². The number of ether oxygens (including phenoxy) is 1. The first-order chi connectivity index (χ1) is 14.3. The number of para-hydroxylation sites is 1. The van der Waals surface area contributed by atoms with E-state index in [4.69, 9.17) is 5.11 Å². The number of aliphatic hydroxyl groups excluding tert-OH is 1. The van der Waals surface area contributed by atoms with Crippen molar-refractivity contribution in [1.29, 1.82) is 0 Å². The zero-order valence-corrected chi connectivity index (χ0v) is 17.7. The predicted octanol–water partition coefficient (Wildman–Crippen LogP) is 5.18. The van der Waals surface area contributed by atoms with Gasteiger partial charge < -0.3 is 20.5 Å². The van der Waals surface area contributed by atoms with Gasteiger partial charge in [0.2, 0.25) is 5.95 Å². The minimum Gasteiger partial charge on any atom is -0.406 e. The highest BCUT2D eigenvalue weighted by Gasteiger charge is 2.31. The van der Waals surface area contributed by atoms with Crippen LogP contribution in [0.2, 0.25) is 0 Å². The Kier molecular flexibility index (Phi) is 7.32. The Balaban J connectivity index is 1.95. The molecule has 0 unspecified atom stereocenters. The molecule has 30 heavy (non-hydrogen) atoms. The maximum Gasteiger partial charge on any atom is 0.573 e. The van der Waals surface area contributed by atoms with Crippen LogP contribution >= 0.6 is 22.6 Å². The molecule has 158 valence electrons. The second-order valence-corrected chi connectivity index (χ2v) is 7.31. The molecule has 1 aromatic heterocycles. The third-order valence-electron chi connectivity index (χ3n) is 3.84. The molecule has 0 fully saturated rings. The lowest BCUT2D eigenvalue weighted by atomic mass is 10.1. The summed E-state index contributed by atoms with van der Waals surface area (Å²) < 4.78 is 42.7. The van der Waals surface area contributed by atoms with Crippen LogP contribution in [0.15, 0.2) is 54.6 Å². The van der Waals surface area contributed by atoms with Crippen molar-refractivity contribution in [2.45, 2.75) is 12.8 Å². The molecular formula is C20H18F3IN4O2. The van der Waals surface area contributed by atoms with Crippen LogP contribution in [0.4, 0.5) is 30.6 Å².